The van der Waals surface area contributed by atoms with Crippen molar-refractivity contribution < 1.29 is 9.53 Å². The van der Waals surface area contributed by atoms with Gasteiger partial charge in [-0.05, 0) is 46.5 Å². The highest BCUT2D eigenvalue weighted by Crippen LogP contribution is 2.29. The Labute approximate surface area is 124 Å². The van der Waals surface area contributed by atoms with Crippen LogP contribution in [0.2, 0.25) is 0 Å². The summed E-state index contributed by atoms with van der Waals surface area (Å²) in [5, 5.41) is 3.41. The Kier molecular flexibility index (Phi) is 6.46. The predicted octanol–water partition coefficient (Wildman–Crippen LogP) is 2.43. The molecule has 0 bridgehead atoms. The summed E-state index contributed by atoms with van der Waals surface area (Å²) in [5.74, 6) is 0.476. The Bertz CT molecular complexity index is 314. The van der Waals surface area contributed by atoms with Gasteiger partial charge in [-0.2, -0.15) is 0 Å². The molecule has 1 atom stereocenters. The smallest absolute Gasteiger partial charge is 0.327 e. The van der Waals surface area contributed by atoms with Gasteiger partial charge in [-0.1, -0.05) is 13.8 Å². The monoisotopic (exact) mass is 284 g/mol. The standard InChI is InChI=1S/C16H32N2O2/c1-7-20-15(19)16(6,17-13(4)5)11-18(10-12(2)3)14-8-9-14/h12-14,17H,7-11H2,1-6H3. The summed E-state index contributed by atoms with van der Waals surface area (Å²) in [4.78, 5) is 14.8. The van der Waals surface area contributed by atoms with Crippen LogP contribution in [0.25, 0.3) is 0 Å². The second kappa shape index (κ2) is 7.41. The Morgan fingerprint density at radius 3 is 2.35 bits per heavy atom. The van der Waals surface area contributed by atoms with Gasteiger partial charge in [0.25, 0.3) is 0 Å². The lowest BCUT2D eigenvalue weighted by Crippen LogP contribution is -2.60. The predicted molar refractivity (Wildman–Crippen MR) is 82.7 cm³/mol. The minimum absolute atomic E-state index is 0.136. The number of ether oxygens (including phenoxy) is 1. The molecule has 118 valence electrons. The Morgan fingerprint density at radius 1 is 1.35 bits per heavy atom. The van der Waals surface area contributed by atoms with Gasteiger partial charge >= 0.3 is 5.97 Å². The van der Waals surface area contributed by atoms with E-state index in [1.807, 2.05) is 13.8 Å². The zero-order valence-electron chi connectivity index (χ0n) is 14.0. The average Bonchev–Trinajstić information content (AvgIpc) is 3.10. The molecule has 0 aromatic heterocycles. The van der Waals surface area contributed by atoms with Crippen LogP contribution in [-0.2, 0) is 9.53 Å². The van der Waals surface area contributed by atoms with E-state index in [4.69, 9.17) is 4.74 Å². The second-order valence-electron chi connectivity index (χ2n) is 6.91. The maximum atomic E-state index is 12.4. The van der Waals surface area contributed by atoms with Crippen molar-refractivity contribution in [2.75, 3.05) is 19.7 Å². The molecule has 0 saturated heterocycles. The summed E-state index contributed by atoms with van der Waals surface area (Å²) in [6.07, 6.45) is 2.51. The first-order valence-electron chi connectivity index (χ1n) is 7.97. The molecule has 0 radical (unpaired) electrons. The molecule has 0 heterocycles. The lowest BCUT2D eigenvalue weighted by Gasteiger charge is -2.36. The fourth-order valence-corrected chi connectivity index (χ4v) is 2.75. The molecular weight excluding hydrogens is 252 g/mol. The van der Waals surface area contributed by atoms with Crippen LogP contribution in [0, 0.1) is 5.92 Å². The van der Waals surface area contributed by atoms with Crippen molar-refractivity contribution in [3.8, 4) is 0 Å². The Morgan fingerprint density at radius 2 is 1.95 bits per heavy atom. The maximum absolute atomic E-state index is 12.4. The third-order valence-corrected chi connectivity index (χ3v) is 3.52. The van der Waals surface area contributed by atoms with Crippen molar-refractivity contribution in [1.29, 1.82) is 0 Å². The molecule has 1 fully saturated rings. The van der Waals surface area contributed by atoms with Crippen LogP contribution in [0.3, 0.4) is 0 Å². The molecule has 1 aliphatic carbocycles. The molecule has 1 unspecified atom stereocenters. The van der Waals surface area contributed by atoms with Gasteiger partial charge in [-0.3, -0.25) is 15.0 Å². The molecule has 20 heavy (non-hydrogen) atoms. The Hall–Kier alpha value is -0.610. The number of carbonyl (C=O) groups is 1. The van der Waals surface area contributed by atoms with Gasteiger partial charge in [-0.15, -0.1) is 0 Å². The molecule has 0 aromatic rings. The summed E-state index contributed by atoms with van der Waals surface area (Å²) in [6, 6.07) is 0.907. The van der Waals surface area contributed by atoms with E-state index >= 15 is 0 Å². The van der Waals surface area contributed by atoms with Crippen LogP contribution in [0.5, 0.6) is 0 Å². The van der Waals surface area contributed by atoms with Crippen molar-refractivity contribution in [2.24, 2.45) is 5.92 Å². The fraction of sp³-hybridized carbons (Fsp3) is 0.938. The third-order valence-electron chi connectivity index (χ3n) is 3.52. The van der Waals surface area contributed by atoms with E-state index in [1.54, 1.807) is 0 Å². The first-order valence-corrected chi connectivity index (χ1v) is 7.97. The highest BCUT2D eigenvalue weighted by molar-refractivity contribution is 5.80. The van der Waals surface area contributed by atoms with Crippen molar-refractivity contribution >= 4 is 5.97 Å². The minimum Gasteiger partial charge on any atom is -0.465 e. The molecule has 1 aliphatic rings. The van der Waals surface area contributed by atoms with E-state index in [0.717, 1.165) is 13.1 Å². The molecule has 4 nitrogen and oxygen atoms in total. The van der Waals surface area contributed by atoms with Crippen LogP contribution < -0.4 is 5.32 Å². The van der Waals surface area contributed by atoms with Gasteiger partial charge in [0.1, 0.15) is 5.54 Å². The van der Waals surface area contributed by atoms with E-state index in [-0.39, 0.29) is 12.0 Å². The van der Waals surface area contributed by atoms with Crippen molar-refractivity contribution in [3.63, 3.8) is 0 Å². The topological polar surface area (TPSA) is 41.6 Å². The van der Waals surface area contributed by atoms with Crippen LogP contribution >= 0.6 is 0 Å². The summed E-state index contributed by atoms with van der Waals surface area (Å²) in [5.41, 5.74) is -0.623. The molecule has 0 spiro atoms. The highest BCUT2D eigenvalue weighted by Gasteiger charge is 2.40. The second-order valence-corrected chi connectivity index (χ2v) is 6.91. The highest BCUT2D eigenvalue weighted by atomic mass is 16.5. The van der Waals surface area contributed by atoms with Gasteiger partial charge in [0.15, 0.2) is 0 Å². The lowest BCUT2D eigenvalue weighted by molar-refractivity contribution is -0.151. The van der Waals surface area contributed by atoms with Gasteiger partial charge in [0.05, 0.1) is 6.61 Å². The maximum Gasteiger partial charge on any atom is 0.327 e. The SMILES string of the molecule is CCOC(=O)C(C)(CN(CC(C)C)C1CC1)NC(C)C. The molecule has 0 aromatic carbocycles. The number of nitrogens with one attached hydrogen (secondary N) is 1. The zero-order chi connectivity index (χ0) is 15.3. The Balaban J connectivity index is 2.77. The number of hydrogen-bond donors (Lipinski definition) is 1. The van der Waals surface area contributed by atoms with Gasteiger partial charge in [0, 0.05) is 25.2 Å². The average molecular weight is 284 g/mol. The number of rotatable bonds is 9. The molecule has 1 saturated carbocycles. The van der Waals surface area contributed by atoms with E-state index in [0.29, 0.717) is 18.6 Å². The summed E-state index contributed by atoms with van der Waals surface area (Å²) >= 11 is 0. The van der Waals surface area contributed by atoms with E-state index < -0.39 is 5.54 Å². The summed E-state index contributed by atoms with van der Waals surface area (Å²) < 4.78 is 5.29. The molecule has 0 amide bonds. The van der Waals surface area contributed by atoms with Gasteiger partial charge in [0.2, 0.25) is 0 Å². The first kappa shape index (κ1) is 17.4. The first-order chi connectivity index (χ1) is 9.28. The fourth-order valence-electron chi connectivity index (χ4n) is 2.75. The van der Waals surface area contributed by atoms with Crippen LogP contribution in [0.4, 0.5) is 0 Å². The van der Waals surface area contributed by atoms with Crippen LogP contribution in [0.1, 0.15) is 54.4 Å². The van der Waals surface area contributed by atoms with Crippen molar-refractivity contribution in [3.05, 3.63) is 0 Å². The number of esters is 1. The van der Waals surface area contributed by atoms with Crippen molar-refractivity contribution in [2.45, 2.75) is 72.0 Å². The van der Waals surface area contributed by atoms with Crippen LogP contribution in [-0.4, -0.2) is 48.2 Å². The normalized spacial score (nSPS) is 18.6. The third kappa shape index (κ3) is 5.41. The number of nitrogens with zero attached hydrogens (tertiary/aromatic N) is 1. The largest absolute Gasteiger partial charge is 0.465 e. The number of carbonyl (C=O) groups excluding carboxylic acids is 1. The molecule has 4 heteroatoms. The van der Waals surface area contributed by atoms with Gasteiger partial charge < -0.3 is 4.74 Å². The van der Waals surface area contributed by atoms with Gasteiger partial charge in [-0.25, -0.2) is 0 Å². The molecular formula is C16H32N2O2. The molecule has 1 rings (SSSR count). The van der Waals surface area contributed by atoms with Crippen LogP contribution in [0.15, 0.2) is 0 Å². The van der Waals surface area contributed by atoms with E-state index in [9.17, 15) is 4.79 Å². The summed E-state index contributed by atoms with van der Waals surface area (Å²) in [6.45, 7) is 14.6. The number of hydrogen-bond acceptors (Lipinski definition) is 4. The minimum atomic E-state index is -0.623. The molecule has 1 N–H and O–H groups in total. The van der Waals surface area contributed by atoms with E-state index in [2.05, 4.69) is 37.9 Å². The lowest BCUT2D eigenvalue weighted by atomic mass is 9.99. The molecule has 0 aliphatic heterocycles. The van der Waals surface area contributed by atoms with E-state index in [1.165, 1.54) is 12.8 Å². The zero-order valence-corrected chi connectivity index (χ0v) is 14.0. The van der Waals surface area contributed by atoms with Crippen molar-refractivity contribution in [1.82, 2.24) is 10.2 Å². The summed E-state index contributed by atoms with van der Waals surface area (Å²) in [7, 11) is 0. The quantitative estimate of drug-likeness (QED) is 0.660.